The van der Waals surface area contributed by atoms with Crippen LogP contribution in [0.5, 0.6) is 0 Å². The Morgan fingerprint density at radius 1 is 0.780 bits per heavy atom. The highest BCUT2D eigenvalue weighted by molar-refractivity contribution is 7.17. The molecule has 0 fully saturated rings. The molecule has 2 heterocycles. The van der Waals surface area contributed by atoms with E-state index in [1.807, 2.05) is 29.6 Å². The van der Waals surface area contributed by atoms with Gasteiger partial charge in [-0.05, 0) is 52.2 Å². The van der Waals surface area contributed by atoms with Gasteiger partial charge in [0, 0.05) is 41.4 Å². The second-order valence-electron chi connectivity index (χ2n) is 11.4. The smallest absolute Gasteiger partial charge is 0.326 e. The predicted octanol–water partition coefficient (Wildman–Crippen LogP) is 3.17. The van der Waals surface area contributed by atoms with Crippen LogP contribution in [0.1, 0.15) is 33.6 Å². The standard InChI is InChI=1S/C36H32FN5O7S/c37-24-12-10-22(11-13-24)30(43)17-31(44)35(47)41-28(15-23-19-50-32-9-5-4-8-26(23)32)34(46)40-27(14-21-6-2-1-3-7-21)33(45)42-29(36(48)49)16-25-18-38-20-39-25/h1-13,18-20,27-29H,14-17H2,(H,38,39)(H,40,46)(H,41,47)(H,42,45)(H,48,49)/t27-,28+,29+/m1/s1. The number of rotatable bonds is 16. The number of aliphatic carboxylic acids is 1. The number of H-pyrrole nitrogens is 1. The number of carbonyl (C=O) groups excluding carboxylic acids is 5. The molecule has 0 radical (unpaired) electrons. The van der Waals surface area contributed by atoms with Gasteiger partial charge in [-0.2, -0.15) is 0 Å². The predicted molar refractivity (Wildman–Crippen MR) is 182 cm³/mol. The van der Waals surface area contributed by atoms with Gasteiger partial charge in [-0.1, -0.05) is 48.5 Å². The number of carboxylic acid groups (broad SMARTS) is 1. The van der Waals surface area contributed by atoms with E-state index in [1.54, 1.807) is 30.3 Å². The fraction of sp³-hybridized carbons (Fsp3) is 0.194. The highest BCUT2D eigenvalue weighted by Crippen LogP contribution is 2.26. The van der Waals surface area contributed by atoms with E-state index in [0.717, 1.165) is 22.2 Å². The number of imidazole rings is 1. The Morgan fingerprint density at radius 3 is 2.12 bits per heavy atom. The van der Waals surface area contributed by atoms with Crippen LogP contribution in [0.4, 0.5) is 4.39 Å². The lowest BCUT2D eigenvalue weighted by Gasteiger charge is -2.24. The van der Waals surface area contributed by atoms with Crippen molar-refractivity contribution in [1.29, 1.82) is 0 Å². The summed E-state index contributed by atoms with van der Waals surface area (Å²) in [5.74, 6) is -6.51. The van der Waals surface area contributed by atoms with Crippen LogP contribution in [-0.4, -0.2) is 68.5 Å². The second kappa shape index (κ2) is 16.4. The molecule has 14 heteroatoms. The molecule has 0 saturated heterocycles. The Hall–Kier alpha value is -6.02. The number of fused-ring (bicyclic) bond motifs is 1. The minimum Gasteiger partial charge on any atom is -0.480 e. The molecule has 5 aromatic rings. The molecule has 3 aromatic carbocycles. The van der Waals surface area contributed by atoms with Crippen molar-refractivity contribution in [3.05, 3.63) is 125 Å². The summed E-state index contributed by atoms with van der Waals surface area (Å²) in [4.78, 5) is 85.0. The van der Waals surface area contributed by atoms with Gasteiger partial charge < -0.3 is 26.0 Å². The molecule has 0 unspecified atom stereocenters. The molecule has 256 valence electrons. The molecule has 3 amide bonds. The van der Waals surface area contributed by atoms with Crippen LogP contribution in [0, 0.1) is 5.82 Å². The monoisotopic (exact) mass is 697 g/mol. The van der Waals surface area contributed by atoms with Crippen molar-refractivity contribution in [2.24, 2.45) is 0 Å². The zero-order valence-electron chi connectivity index (χ0n) is 26.4. The normalized spacial score (nSPS) is 12.7. The minimum absolute atomic E-state index is 0.0258. The third kappa shape index (κ3) is 9.32. The van der Waals surface area contributed by atoms with Gasteiger partial charge in [0.2, 0.25) is 17.6 Å². The van der Waals surface area contributed by atoms with Gasteiger partial charge in [0.25, 0.3) is 5.91 Å². The van der Waals surface area contributed by atoms with E-state index < -0.39 is 65.6 Å². The molecule has 5 rings (SSSR count). The summed E-state index contributed by atoms with van der Waals surface area (Å²) in [5, 5.41) is 20.1. The number of Topliss-reactive ketones (excluding diaryl/α,β-unsaturated/α-hetero) is 2. The van der Waals surface area contributed by atoms with E-state index in [0.29, 0.717) is 16.8 Å². The number of thiophene rings is 1. The summed E-state index contributed by atoms with van der Waals surface area (Å²) < 4.78 is 14.2. The molecule has 0 spiro atoms. The molecule has 50 heavy (non-hydrogen) atoms. The van der Waals surface area contributed by atoms with Crippen molar-refractivity contribution < 1.29 is 38.3 Å². The number of aromatic nitrogens is 2. The van der Waals surface area contributed by atoms with Crippen molar-refractivity contribution in [1.82, 2.24) is 25.9 Å². The van der Waals surface area contributed by atoms with Gasteiger partial charge in [0.05, 0.1) is 12.7 Å². The van der Waals surface area contributed by atoms with Crippen LogP contribution < -0.4 is 16.0 Å². The average Bonchev–Trinajstić information content (AvgIpc) is 3.78. The quantitative estimate of drug-likeness (QED) is 0.0591. The number of nitrogens with one attached hydrogen (secondary N) is 4. The number of aromatic amines is 1. The van der Waals surface area contributed by atoms with E-state index >= 15 is 0 Å². The Morgan fingerprint density at radius 2 is 1.44 bits per heavy atom. The summed E-state index contributed by atoms with van der Waals surface area (Å²) in [6.07, 6.45) is 1.79. The number of hydrogen-bond donors (Lipinski definition) is 5. The first kappa shape index (κ1) is 35.3. The molecule has 5 N–H and O–H groups in total. The maximum atomic E-state index is 14.0. The van der Waals surface area contributed by atoms with Crippen molar-refractivity contribution in [2.45, 2.75) is 43.8 Å². The highest BCUT2D eigenvalue weighted by Gasteiger charge is 2.32. The van der Waals surface area contributed by atoms with Crippen LogP contribution in [0.25, 0.3) is 10.1 Å². The summed E-state index contributed by atoms with van der Waals surface area (Å²) in [5.41, 5.74) is 1.85. The molecular weight excluding hydrogens is 665 g/mol. The number of carboxylic acids is 1. The molecule has 0 saturated carbocycles. The van der Waals surface area contributed by atoms with Crippen molar-refractivity contribution >= 4 is 56.7 Å². The number of carbonyl (C=O) groups is 6. The van der Waals surface area contributed by atoms with Crippen molar-refractivity contribution in [2.75, 3.05) is 0 Å². The topological polar surface area (TPSA) is 187 Å². The van der Waals surface area contributed by atoms with Gasteiger partial charge in [-0.25, -0.2) is 14.2 Å². The largest absolute Gasteiger partial charge is 0.480 e. The summed E-state index contributed by atoms with van der Waals surface area (Å²) >= 11 is 1.42. The molecule has 0 aliphatic rings. The molecule has 0 bridgehead atoms. The first-order valence-corrected chi connectivity index (χ1v) is 16.4. The maximum absolute atomic E-state index is 14.0. The molecule has 2 aromatic heterocycles. The molecule has 0 aliphatic heterocycles. The van der Waals surface area contributed by atoms with Gasteiger partial charge in [-0.3, -0.25) is 24.0 Å². The van der Waals surface area contributed by atoms with Crippen LogP contribution in [0.15, 0.2) is 96.8 Å². The lowest BCUT2D eigenvalue weighted by Crippen LogP contribution is -2.57. The van der Waals surface area contributed by atoms with Crippen LogP contribution >= 0.6 is 11.3 Å². The fourth-order valence-corrected chi connectivity index (χ4v) is 6.22. The molecule has 3 atom stereocenters. The first-order chi connectivity index (χ1) is 24.1. The second-order valence-corrected chi connectivity index (χ2v) is 12.4. The first-order valence-electron chi connectivity index (χ1n) is 15.5. The lowest BCUT2D eigenvalue weighted by atomic mass is 10.0. The zero-order chi connectivity index (χ0) is 35.6. The van der Waals surface area contributed by atoms with E-state index in [2.05, 4.69) is 25.9 Å². The van der Waals surface area contributed by atoms with Gasteiger partial charge in [0.1, 0.15) is 23.9 Å². The van der Waals surface area contributed by atoms with E-state index in [-0.39, 0.29) is 24.8 Å². The highest BCUT2D eigenvalue weighted by atomic mass is 32.1. The van der Waals surface area contributed by atoms with Gasteiger partial charge in [-0.15, -0.1) is 11.3 Å². The number of ketones is 2. The van der Waals surface area contributed by atoms with E-state index in [4.69, 9.17) is 0 Å². The molecular formula is C36H32FN5O7S. The summed E-state index contributed by atoms with van der Waals surface area (Å²) in [6.45, 7) is 0. The number of hydrogen-bond acceptors (Lipinski definition) is 8. The third-order valence-corrected chi connectivity index (χ3v) is 8.87. The van der Waals surface area contributed by atoms with E-state index in [1.165, 1.54) is 36.0 Å². The van der Waals surface area contributed by atoms with Crippen molar-refractivity contribution in [3.8, 4) is 0 Å². The van der Waals surface area contributed by atoms with Crippen LogP contribution in [0.2, 0.25) is 0 Å². The van der Waals surface area contributed by atoms with Crippen LogP contribution in [0.3, 0.4) is 0 Å². The Bertz CT molecular complexity index is 2000. The van der Waals surface area contributed by atoms with Crippen LogP contribution in [-0.2, 0) is 43.2 Å². The van der Waals surface area contributed by atoms with E-state index in [9.17, 15) is 38.3 Å². The fourth-order valence-electron chi connectivity index (χ4n) is 5.24. The Balaban J connectivity index is 1.38. The minimum atomic E-state index is -1.38. The Labute approximate surface area is 289 Å². The number of halogens is 1. The molecule has 0 aliphatic carbocycles. The number of benzene rings is 3. The average molecular weight is 698 g/mol. The molecule has 12 nitrogen and oxygen atoms in total. The van der Waals surface area contributed by atoms with Gasteiger partial charge in [0.15, 0.2) is 5.78 Å². The summed E-state index contributed by atoms with van der Waals surface area (Å²) in [6, 6.07) is 16.6. The number of nitrogens with zero attached hydrogens (tertiary/aromatic N) is 1. The lowest BCUT2D eigenvalue weighted by molar-refractivity contribution is -0.142. The SMILES string of the molecule is O=C(CC(=O)c1ccc(F)cc1)C(=O)N[C@@H](Cc1csc2ccccc12)C(=O)N[C@H](Cc1ccccc1)C(=O)N[C@@H](Cc1cnc[nH]1)C(=O)O. The third-order valence-electron chi connectivity index (χ3n) is 7.86. The van der Waals surface area contributed by atoms with Crippen molar-refractivity contribution in [3.63, 3.8) is 0 Å². The summed E-state index contributed by atoms with van der Waals surface area (Å²) in [7, 11) is 0. The Kier molecular flexibility index (Phi) is 11.6. The number of amides is 3. The van der Waals surface area contributed by atoms with Gasteiger partial charge >= 0.3 is 5.97 Å². The zero-order valence-corrected chi connectivity index (χ0v) is 27.2. The maximum Gasteiger partial charge on any atom is 0.326 e.